The predicted molar refractivity (Wildman–Crippen MR) is 108 cm³/mol. The van der Waals surface area contributed by atoms with Crippen LogP contribution in [0.2, 0.25) is 0 Å². The first-order valence-electron chi connectivity index (χ1n) is 9.79. The minimum Gasteiger partial charge on any atom is -0.497 e. The van der Waals surface area contributed by atoms with Gasteiger partial charge in [-0.1, -0.05) is 42.5 Å². The van der Waals surface area contributed by atoms with Gasteiger partial charge in [-0.15, -0.1) is 0 Å². The second kappa shape index (κ2) is 11.0. The number of methoxy groups -OCH3 is 1. The van der Waals surface area contributed by atoms with Gasteiger partial charge in [-0.2, -0.15) is 0 Å². The smallest absolute Gasteiger partial charge is 0.302 e. The molecule has 0 spiro atoms. The largest absolute Gasteiger partial charge is 0.497 e. The Bertz CT molecular complexity index is 746. The first-order chi connectivity index (χ1) is 14.1. The molecule has 6 heteroatoms. The molecule has 0 radical (unpaired) electrons. The predicted octanol–water partition coefficient (Wildman–Crippen LogP) is 3.52. The van der Waals surface area contributed by atoms with Crippen LogP contribution >= 0.6 is 0 Å². The third-order valence-electron chi connectivity index (χ3n) is 4.81. The zero-order valence-electron chi connectivity index (χ0n) is 16.9. The van der Waals surface area contributed by atoms with Crippen LogP contribution in [0, 0.1) is 0 Å². The molecule has 0 N–H and O–H groups in total. The molecule has 2 aromatic carbocycles. The van der Waals surface area contributed by atoms with Crippen LogP contribution in [-0.4, -0.2) is 44.6 Å². The zero-order valence-corrected chi connectivity index (χ0v) is 16.9. The second-order valence-corrected chi connectivity index (χ2v) is 7.03. The van der Waals surface area contributed by atoms with Crippen molar-refractivity contribution in [3.8, 4) is 5.75 Å². The average molecular weight is 400 g/mol. The summed E-state index contributed by atoms with van der Waals surface area (Å²) in [7, 11) is 1.64. The number of carbonyl (C=O) groups is 1. The Balaban J connectivity index is 1.58. The molecule has 1 fully saturated rings. The van der Waals surface area contributed by atoms with E-state index in [0.717, 1.165) is 16.9 Å². The molecular weight excluding hydrogens is 372 g/mol. The molecule has 0 bridgehead atoms. The zero-order chi connectivity index (χ0) is 20.5. The Morgan fingerprint density at radius 3 is 2.28 bits per heavy atom. The minimum absolute atomic E-state index is 0.150. The lowest BCUT2D eigenvalue weighted by Crippen LogP contribution is -2.45. The Morgan fingerprint density at radius 1 is 0.966 bits per heavy atom. The molecule has 0 aromatic heterocycles. The third kappa shape index (κ3) is 6.85. The number of hydrogen-bond acceptors (Lipinski definition) is 6. The maximum absolute atomic E-state index is 11.1. The standard InChI is InChI=1S/C23H28O6/c1-17(24)26-15-21-12-22(28-13-18-6-4-3-5-7-18)23(16-27-21)29-14-19-8-10-20(25-2)11-9-19/h3-11,21-23H,12-16H2,1-2H3/t21?,22-,23?/m0/s1. The highest BCUT2D eigenvalue weighted by Crippen LogP contribution is 2.23. The van der Waals surface area contributed by atoms with E-state index in [4.69, 9.17) is 23.7 Å². The summed E-state index contributed by atoms with van der Waals surface area (Å²) in [5, 5.41) is 0. The number of rotatable bonds is 9. The summed E-state index contributed by atoms with van der Waals surface area (Å²) >= 11 is 0. The molecule has 0 saturated carbocycles. The van der Waals surface area contributed by atoms with Crippen molar-refractivity contribution in [3.05, 3.63) is 65.7 Å². The first kappa shape index (κ1) is 21.3. The van der Waals surface area contributed by atoms with Crippen molar-refractivity contribution in [1.82, 2.24) is 0 Å². The summed E-state index contributed by atoms with van der Waals surface area (Å²) in [5.74, 6) is 0.500. The third-order valence-corrected chi connectivity index (χ3v) is 4.81. The van der Waals surface area contributed by atoms with E-state index in [1.54, 1.807) is 7.11 Å². The van der Waals surface area contributed by atoms with Gasteiger partial charge >= 0.3 is 5.97 Å². The molecule has 156 valence electrons. The van der Waals surface area contributed by atoms with Gasteiger partial charge < -0.3 is 23.7 Å². The van der Waals surface area contributed by atoms with E-state index in [-0.39, 0.29) is 30.9 Å². The lowest BCUT2D eigenvalue weighted by atomic mass is 10.0. The van der Waals surface area contributed by atoms with Gasteiger partial charge in [-0.3, -0.25) is 4.79 Å². The van der Waals surface area contributed by atoms with Crippen LogP contribution in [0.4, 0.5) is 0 Å². The normalized spacial score (nSPS) is 21.5. The fourth-order valence-electron chi connectivity index (χ4n) is 3.18. The van der Waals surface area contributed by atoms with E-state index in [0.29, 0.717) is 26.2 Å². The Morgan fingerprint density at radius 2 is 1.62 bits per heavy atom. The van der Waals surface area contributed by atoms with Crippen molar-refractivity contribution in [2.75, 3.05) is 20.3 Å². The van der Waals surface area contributed by atoms with Gasteiger partial charge in [-0.25, -0.2) is 0 Å². The lowest BCUT2D eigenvalue weighted by Gasteiger charge is -2.35. The maximum atomic E-state index is 11.1. The van der Waals surface area contributed by atoms with Gasteiger partial charge in [-0.05, 0) is 23.3 Å². The Hall–Kier alpha value is -2.41. The van der Waals surface area contributed by atoms with E-state index in [9.17, 15) is 4.79 Å². The van der Waals surface area contributed by atoms with Gasteiger partial charge in [0.2, 0.25) is 0 Å². The van der Waals surface area contributed by atoms with Crippen LogP contribution in [-0.2, 0) is 37.0 Å². The Kier molecular flexibility index (Phi) is 8.04. The van der Waals surface area contributed by atoms with Crippen LogP contribution in [0.15, 0.2) is 54.6 Å². The van der Waals surface area contributed by atoms with Crippen LogP contribution < -0.4 is 4.74 Å². The molecule has 0 amide bonds. The van der Waals surface area contributed by atoms with Crippen molar-refractivity contribution in [2.45, 2.75) is 44.9 Å². The molecule has 1 aliphatic rings. The molecule has 3 atom stereocenters. The molecule has 0 aliphatic carbocycles. The topological polar surface area (TPSA) is 63.2 Å². The van der Waals surface area contributed by atoms with E-state index in [1.165, 1.54) is 6.92 Å². The number of carbonyl (C=O) groups excluding carboxylic acids is 1. The molecule has 1 aliphatic heterocycles. The van der Waals surface area contributed by atoms with Crippen LogP contribution in [0.1, 0.15) is 24.5 Å². The fourth-order valence-corrected chi connectivity index (χ4v) is 3.18. The summed E-state index contributed by atoms with van der Waals surface area (Å²) < 4.78 is 28.4. The highest BCUT2D eigenvalue weighted by molar-refractivity contribution is 5.65. The summed E-state index contributed by atoms with van der Waals surface area (Å²) in [4.78, 5) is 11.1. The van der Waals surface area contributed by atoms with Gasteiger partial charge in [0.1, 0.15) is 18.5 Å². The van der Waals surface area contributed by atoms with Crippen molar-refractivity contribution in [3.63, 3.8) is 0 Å². The van der Waals surface area contributed by atoms with Crippen LogP contribution in [0.5, 0.6) is 5.75 Å². The van der Waals surface area contributed by atoms with E-state index < -0.39 is 0 Å². The molecule has 2 unspecified atom stereocenters. The molecule has 1 heterocycles. The van der Waals surface area contributed by atoms with Crippen LogP contribution in [0.3, 0.4) is 0 Å². The fraction of sp³-hybridized carbons (Fsp3) is 0.435. The summed E-state index contributed by atoms with van der Waals surface area (Å²) in [6.07, 6.45) is 0.0607. The van der Waals surface area contributed by atoms with E-state index in [1.807, 2.05) is 54.6 Å². The van der Waals surface area contributed by atoms with E-state index >= 15 is 0 Å². The molecule has 1 saturated heterocycles. The van der Waals surface area contributed by atoms with Gasteiger partial charge in [0.05, 0.1) is 39.1 Å². The van der Waals surface area contributed by atoms with Gasteiger partial charge in [0.25, 0.3) is 0 Å². The lowest BCUT2D eigenvalue weighted by molar-refractivity contribution is -0.183. The summed E-state index contributed by atoms with van der Waals surface area (Å²) in [6, 6.07) is 17.8. The van der Waals surface area contributed by atoms with Crippen LogP contribution in [0.25, 0.3) is 0 Å². The highest BCUT2D eigenvalue weighted by Gasteiger charge is 2.33. The summed E-state index contributed by atoms with van der Waals surface area (Å²) in [6.45, 7) is 2.96. The molecular formula is C23H28O6. The Labute approximate surface area is 171 Å². The second-order valence-electron chi connectivity index (χ2n) is 7.03. The van der Waals surface area contributed by atoms with Gasteiger partial charge in [0.15, 0.2) is 0 Å². The average Bonchev–Trinajstić information content (AvgIpc) is 2.76. The SMILES string of the molecule is COc1ccc(COC2COC(COC(C)=O)C[C@@H]2OCc2ccccc2)cc1. The number of hydrogen-bond donors (Lipinski definition) is 0. The van der Waals surface area contributed by atoms with Crippen molar-refractivity contribution in [1.29, 1.82) is 0 Å². The van der Waals surface area contributed by atoms with Crippen molar-refractivity contribution in [2.24, 2.45) is 0 Å². The van der Waals surface area contributed by atoms with Gasteiger partial charge in [0, 0.05) is 13.3 Å². The number of esters is 1. The maximum Gasteiger partial charge on any atom is 0.302 e. The summed E-state index contributed by atoms with van der Waals surface area (Å²) in [5.41, 5.74) is 2.15. The minimum atomic E-state index is -0.312. The van der Waals surface area contributed by atoms with Crippen molar-refractivity contribution >= 4 is 5.97 Å². The molecule has 29 heavy (non-hydrogen) atoms. The quantitative estimate of drug-likeness (QED) is 0.600. The highest BCUT2D eigenvalue weighted by atomic mass is 16.6. The van der Waals surface area contributed by atoms with Crippen molar-refractivity contribution < 1.29 is 28.5 Å². The molecule has 3 rings (SSSR count). The number of benzene rings is 2. The monoisotopic (exact) mass is 400 g/mol. The number of ether oxygens (including phenoxy) is 5. The first-order valence-corrected chi connectivity index (χ1v) is 9.79. The molecule has 2 aromatic rings. The van der Waals surface area contributed by atoms with E-state index in [2.05, 4.69) is 0 Å². The molecule has 6 nitrogen and oxygen atoms in total.